The Morgan fingerprint density at radius 3 is 2.20 bits per heavy atom. The van der Waals surface area contributed by atoms with Gasteiger partial charge in [0.1, 0.15) is 24.2 Å². The molecule has 0 N–H and O–H groups in total. The van der Waals surface area contributed by atoms with Gasteiger partial charge in [-0.2, -0.15) is 0 Å². The van der Waals surface area contributed by atoms with Crippen LogP contribution < -0.4 is 9.47 Å². The van der Waals surface area contributed by atoms with E-state index in [-0.39, 0.29) is 0 Å². The lowest BCUT2D eigenvalue weighted by molar-refractivity contribution is 0.262. The maximum absolute atomic E-state index is 5.73. The Morgan fingerprint density at radius 1 is 0.950 bits per heavy atom. The highest BCUT2D eigenvalue weighted by atomic mass is 16.6. The van der Waals surface area contributed by atoms with Gasteiger partial charge in [0.25, 0.3) is 0 Å². The van der Waals surface area contributed by atoms with Crippen LogP contribution in [0.3, 0.4) is 0 Å². The van der Waals surface area contributed by atoms with Crippen LogP contribution in [0.4, 0.5) is 0 Å². The van der Waals surface area contributed by atoms with E-state index in [0.717, 1.165) is 31.1 Å². The number of hydrogen-bond donors (Lipinski definition) is 0. The first kappa shape index (κ1) is 15.2. The highest BCUT2D eigenvalue weighted by Crippen LogP contribution is 2.19. The van der Waals surface area contributed by atoms with E-state index in [1.54, 1.807) is 0 Å². The first-order valence-corrected chi connectivity index (χ1v) is 7.85. The zero-order chi connectivity index (χ0) is 14.0. The average molecular weight is 278 g/mol. The second-order valence-corrected chi connectivity index (χ2v) is 5.35. The molecule has 0 aromatic heterocycles. The summed E-state index contributed by atoms with van der Waals surface area (Å²) in [5, 5.41) is 0. The quantitative estimate of drug-likeness (QED) is 0.449. The summed E-state index contributed by atoms with van der Waals surface area (Å²) in [6.45, 7) is 4.54. The highest BCUT2D eigenvalue weighted by molar-refractivity contribution is 5.31. The molecule has 1 aromatic carbocycles. The Balaban J connectivity index is 1.53. The highest BCUT2D eigenvalue weighted by Gasteiger charge is 2.22. The van der Waals surface area contributed by atoms with Gasteiger partial charge in [0.2, 0.25) is 0 Å². The Bertz CT molecular complexity index is 357. The summed E-state index contributed by atoms with van der Waals surface area (Å²) < 4.78 is 16.4. The molecule has 0 bridgehead atoms. The van der Waals surface area contributed by atoms with Crippen LogP contribution in [0.1, 0.15) is 45.4 Å². The predicted molar refractivity (Wildman–Crippen MR) is 80.5 cm³/mol. The van der Waals surface area contributed by atoms with E-state index in [9.17, 15) is 0 Å². The number of rotatable bonds is 11. The standard InChI is InChI=1S/C17H26O3/c1-2-3-4-5-6-7-12-18-15-8-10-16(11-9-15)19-13-17-14-20-17/h8-11,17H,2-7,12-14H2,1H3. The number of ether oxygens (including phenoxy) is 3. The number of epoxide rings is 1. The van der Waals surface area contributed by atoms with Crippen molar-refractivity contribution >= 4 is 0 Å². The molecule has 20 heavy (non-hydrogen) atoms. The van der Waals surface area contributed by atoms with Crippen LogP contribution in [0, 0.1) is 0 Å². The Kier molecular flexibility index (Phi) is 6.72. The zero-order valence-electron chi connectivity index (χ0n) is 12.5. The fourth-order valence-corrected chi connectivity index (χ4v) is 2.06. The Labute approximate surface area is 122 Å². The van der Waals surface area contributed by atoms with E-state index >= 15 is 0 Å². The second-order valence-electron chi connectivity index (χ2n) is 5.35. The molecule has 1 aliphatic rings. The number of hydrogen-bond acceptors (Lipinski definition) is 3. The molecule has 0 spiro atoms. The van der Waals surface area contributed by atoms with Crippen molar-refractivity contribution < 1.29 is 14.2 Å². The molecule has 1 heterocycles. The third kappa shape index (κ3) is 6.29. The Morgan fingerprint density at radius 2 is 1.55 bits per heavy atom. The molecule has 3 heteroatoms. The maximum Gasteiger partial charge on any atom is 0.119 e. The van der Waals surface area contributed by atoms with E-state index in [4.69, 9.17) is 14.2 Å². The third-order valence-corrected chi connectivity index (χ3v) is 3.43. The van der Waals surface area contributed by atoms with Crippen molar-refractivity contribution in [3.05, 3.63) is 24.3 Å². The normalized spacial score (nSPS) is 16.9. The smallest absolute Gasteiger partial charge is 0.119 e. The van der Waals surface area contributed by atoms with Crippen LogP contribution in [-0.2, 0) is 4.74 Å². The maximum atomic E-state index is 5.73. The van der Waals surface area contributed by atoms with Gasteiger partial charge in [-0.05, 0) is 30.7 Å². The second kappa shape index (κ2) is 8.85. The van der Waals surface area contributed by atoms with Gasteiger partial charge < -0.3 is 14.2 Å². The van der Waals surface area contributed by atoms with E-state index in [1.807, 2.05) is 24.3 Å². The van der Waals surface area contributed by atoms with Crippen molar-refractivity contribution in [2.24, 2.45) is 0 Å². The molecule has 1 unspecified atom stereocenters. The fourth-order valence-electron chi connectivity index (χ4n) is 2.06. The van der Waals surface area contributed by atoms with Gasteiger partial charge in [-0.15, -0.1) is 0 Å². The molecule has 3 nitrogen and oxygen atoms in total. The van der Waals surface area contributed by atoms with Crippen LogP contribution in [0.5, 0.6) is 11.5 Å². The van der Waals surface area contributed by atoms with E-state index in [1.165, 1.54) is 32.1 Å². The number of benzene rings is 1. The molecule has 0 radical (unpaired) electrons. The van der Waals surface area contributed by atoms with E-state index in [0.29, 0.717) is 12.7 Å². The van der Waals surface area contributed by atoms with Gasteiger partial charge in [-0.25, -0.2) is 0 Å². The van der Waals surface area contributed by atoms with Crippen molar-refractivity contribution in [2.75, 3.05) is 19.8 Å². The van der Waals surface area contributed by atoms with E-state index in [2.05, 4.69) is 6.92 Å². The molecule has 112 valence electrons. The topological polar surface area (TPSA) is 31.0 Å². The monoisotopic (exact) mass is 278 g/mol. The van der Waals surface area contributed by atoms with Crippen LogP contribution in [-0.4, -0.2) is 25.9 Å². The lowest BCUT2D eigenvalue weighted by Crippen LogP contribution is -2.04. The predicted octanol–water partition coefficient (Wildman–Crippen LogP) is 4.20. The van der Waals surface area contributed by atoms with Gasteiger partial charge in [0, 0.05) is 0 Å². The van der Waals surface area contributed by atoms with Gasteiger partial charge in [0.15, 0.2) is 0 Å². The molecular formula is C17H26O3. The van der Waals surface area contributed by atoms with E-state index < -0.39 is 0 Å². The van der Waals surface area contributed by atoms with Gasteiger partial charge in [0.05, 0.1) is 13.2 Å². The summed E-state index contributed by atoms with van der Waals surface area (Å²) in [6, 6.07) is 7.86. The molecule has 1 atom stereocenters. The molecule has 1 fully saturated rings. The lowest BCUT2D eigenvalue weighted by Gasteiger charge is -2.08. The molecule has 1 aromatic rings. The largest absolute Gasteiger partial charge is 0.494 e. The minimum absolute atomic E-state index is 0.304. The van der Waals surface area contributed by atoms with Crippen LogP contribution in [0.25, 0.3) is 0 Å². The SMILES string of the molecule is CCCCCCCCOc1ccc(OCC2CO2)cc1. The molecule has 1 saturated heterocycles. The molecule has 1 aliphatic heterocycles. The minimum atomic E-state index is 0.304. The molecular weight excluding hydrogens is 252 g/mol. The summed E-state index contributed by atoms with van der Waals surface area (Å²) in [4.78, 5) is 0. The summed E-state index contributed by atoms with van der Waals surface area (Å²) in [5.41, 5.74) is 0. The summed E-state index contributed by atoms with van der Waals surface area (Å²) in [6.07, 6.45) is 8.05. The van der Waals surface area contributed by atoms with Crippen LogP contribution in [0.15, 0.2) is 24.3 Å². The van der Waals surface area contributed by atoms with Gasteiger partial charge in [-0.1, -0.05) is 39.0 Å². The first-order chi connectivity index (χ1) is 9.88. The molecule has 0 saturated carbocycles. The molecule has 0 aliphatic carbocycles. The molecule has 2 rings (SSSR count). The van der Waals surface area contributed by atoms with Crippen molar-refractivity contribution in [2.45, 2.75) is 51.6 Å². The summed E-state index contributed by atoms with van der Waals surface area (Å²) in [7, 11) is 0. The van der Waals surface area contributed by atoms with Crippen molar-refractivity contribution in [3.8, 4) is 11.5 Å². The minimum Gasteiger partial charge on any atom is -0.494 e. The van der Waals surface area contributed by atoms with Gasteiger partial charge in [-0.3, -0.25) is 0 Å². The summed E-state index contributed by atoms with van der Waals surface area (Å²) >= 11 is 0. The van der Waals surface area contributed by atoms with Gasteiger partial charge >= 0.3 is 0 Å². The number of unbranched alkanes of at least 4 members (excludes halogenated alkanes) is 5. The zero-order valence-corrected chi connectivity index (χ0v) is 12.5. The van der Waals surface area contributed by atoms with Crippen molar-refractivity contribution in [1.82, 2.24) is 0 Å². The van der Waals surface area contributed by atoms with Crippen LogP contribution >= 0.6 is 0 Å². The van der Waals surface area contributed by atoms with Crippen molar-refractivity contribution in [3.63, 3.8) is 0 Å². The fraction of sp³-hybridized carbons (Fsp3) is 0.647. The Hall–Kier alpha value is -1.22. The van der Waals surface area contributed by atoms with Crippen LogP contribution in [0.2, 0.25) is 0 Å². The molecule has 0 amide bonds. The van der Waals surface area contributed by atoms with Crippen molar-refractivity contribution in [1.29, 1.82) is 0 Å². The lowest BCUT2D eigenvalue weighted by atomic mass is 10.1. The third-order valence-electron chi connectivity index (χ3n) is 3.43. The average Bonchev–Trinajstić information content (AvgIpc) is 3.30. The summed E-state index contributed by atoms with van der Waals surface area (Å²) in [5.74, 6) is 1.81. The first-order valence-electron chi connectivity index (χ1n) is 7.85.